The lowest BCUT2D eigenvalue weighted by Gasteiger charge is -2.15. The van der Waals surface area contributed by atoms with E-state index in [1.54, 1.807) is 37.5 Å². The van der Waals surface area contributed by atoms with Crippen molar-refractivity contribution in [1.82, 2.24) is 9.62 Å². The van der Waals surface area contributed by atoms with E-state index in [0.29, 0.717) is 25.4 Å². The number of nitrogens with zero attached hydrogens (tertiary/aromatic N) is 1. The first-order chi connectivity index (χ1) is 14.5. The Morgan fingerprint density at radius 3 is 2.30 bits per heavy atom. The van der Waals surface area contributed by atoms with E-state index in [1.165, 1.54) is 10.4 Å². The molecule has 1 fully saturated rings. The van der Waals surface area contributed by atoms with Gasteiger partial charge in [-0.2, -0.15) is 4.31 Å². The van der Waals surface area contributed by atoms with Crippen LogP contribution in [0.3, 0.4) is 0 Å². The normalized spacial score (nSPS) is 14.7. The number of benzene rings is 2. The summed E-state index contributed by atoms with van der Waals surface area (Å²) in [4.78, 5) is 12.2. The fraction of sp³-hybridized carbons (Fsp3) is 0.318. The van der Waals surface area contributed by atoms with Gasteiger partial charge in [0.1, 0.15) is 18.1 Å². The van der Waals surface area contributed by atoms with Crippen LogP contribution in [0.5, 0.6) is 11.5 Å². The Balaban J connectivity index is 1.41. The monoisotopic (exact) mass is 430 g/mol. The maximum atomic E-state index is 12.5. The number of sulfonamides is 1. The number of ether oxygens (including phenoxy) is 2. The van der Waals surface area contributed by atoms with Gasteiger partial charge in [0.15, 0.2) is 0 Å². The van der Waals surface area contributed by atoms with E-state index in [9.17, 15) is 13.2 Å². The second-order valence-corrected chi connectivity index (χ2v) is 8.77. The molecule has 30 heavy (non-hydrogen) atoms. The van der Waals surface area contributed by atoms with Gasteiger partial charge in [-0.05, 0) is 60.9 Å². The summed E-state index contributed by atoms with van der Waals surface area (Å²) >= 11 is 0. The van der Waals surface area contributed by atoms with Crippen molar-refractivity contribution in [1.29, 1.82) is 0 Å². The molecule has 1 amide bonds. The molecule has 1 aliphatic heterocycles. The average molecular weight is 431 g/mol. The summed E-state index contributed by atoms with van der Waals surface area (Å²) in [7, 11) is -1.82. The molecule has 8 heteroatoms. The Kier molecular flexibility index (Phi) is 7.48. The third-order valence-electron chi connectivity index (χ3n) is 4.74. The van der Waals surface area contributed by atoms with Crippen LogP contribution < -0.4 is 14.8 Å². The average Bonchev–Trinajstić information content (AvgIpc) is 3.32. The van der Waals surface area contributed by atoms with Crippen molar-refractivity contribution in [2.75, 3.05) is 33.4 Å². The molecule has 1 N–H and O–H groups in total. The lowest BCUT2D eigenvalue weighted by atomic mass is 10.2. The summed E-state index contributed by atoms with van der Waals surface area (Å²) in [6, 6.07) is 13.7. The highest BCUT2D eigenvalue weighted by Crippen LogP contribution is 2.22. The molecule has 0 radical (unpaired) electrons. The molecule has 7 nitrogen and oxygen atoms in total. The largest absolute Gasteiger partial charge is 0.497 e. The van der Waals surface area contributed by atoms with Crippen molar-refractivity contribution in [3.63, 3.8) is 0 Å². The molecule has 2 aromatic rings. The smallest absolute Gasteiger partial charge is 0.244 e. The summed E-state index contributed by atoms with van der Waals surface area (Å²) in [5.41, 5.74) is 0.895. The van der Waals surface area contributed by atoms with E-state index in [1.807, 2.05) is 24.3 Å². The number of nitrogens with one attached hydrogen (secondary N) is 1. The molecule has 0 aromatic heterocycles. The minimum atomic E-state index is -3.42. The van der Waals surface area contributed by atoms with E-state index in [4.69, 9.17) is 9.47 Å². The van der Waals surface area contributed by atoms with Crippen LogP contribution in [0.1, 0.15) is 18.4 Å². The third-order valence-corrected chi connectivity index (χ3v) is 6.65. The highest BCUT2D eigenvalue weighted by Gasteiger charge is 2.26. The number of hydrogen-bond acceptors (Lipinski definition) is 5. The number of hydrogen-bond donors (Lipinski definition) is 1. The Bertz CT molecular complexity index is 964. The summed E-state index contributed by atoms with van der Waals surface area (Å²) in [5.74, 6) is 1.09. The van der Waals surface area contributed by atoms with Gasteiger partial charge in [-0.1, -0.05) is 12.1 Å². The zero-order chi connectivity index (χ0) is 21.4. The van der Waals surface area contributed by atoms with Gasteiger partial charge in [0.05, 0.1) is 18.6 Å². The molecule has 0 spiro atoms. The highest BCUT2D eigenvalue weighted by atomic mass is 32.2. The fourth-order valence-electron chi connectivity index (χ4n) is 3.07. The predicted molar refractivity (Wildman–Crippen MR) is 115 cm³/mol. The summed E-state index contributed by atoms with van der Waals surface area (Å²) in [5, 5.41) is 2.74. The first-order valence-electron chi connectivity index (χ1n) is 9.82. The fourth-order valence-corrected chi connectivity index (χ4v) is 4.59. The van der Waals surface area contributed by atoms with Gasteiger partial charge in [-0.3, -0.25) is 4.79 Å². The van der Waals surface area contributed by atoms with Gasteiger partial charge in [-0.25, -0.2) is 8.42 Å². The van der Waals surface area contributed by atoms with E-state index < -0.39 is 10.0 Å². The van der Waals surface area contributed by atoms with Crippen LogP contribution in [0, 0.1) is 0 Å². The van der Waals surface area contributed by atoms with Gasteiger partial charge in [0, 0.05) is 19.2 Å². The Morgan fingerprint density at radius 1 is 1.03 bits per heavy atom. The molecule has 1 heterocycles. The van der Waals surface area contributed by atoms with E-state index >= 15 is 0 Å². The van der Waals surface area contributed by atoms with Gasteiger partial charge in [0.25, 0.3) is 0 Å². The number of methoxy groups -OCH3 is 1. The van der Waals surface area contributed by atoms with Crippen LogP contribution in [-0.2, 0) is 14.8 Å². The number of carbonyl (C=O) groups is 1. The zero-order valence-corrected chi connectivity index (χ0v) is 17.7. The molecule has 0 atom stereocenters. The molecular weight excluding hydrogens is 404 g/mol. The van der Waals surface area contributed by atoms with Crippen molar-refractivity contribution in [2.24, 2.45) is 0 Å². The van der Waals surface area contributed by atoms with Crippen molar-refractivity contribution >= 4 is 22.0 Å². The minimum Gasteiger partial charge on any atom is -0.497 e. The number of amides is 1. The van der Waals surface area contributed by atoms with Crippen LogP contribution in [0.15, 0.2) is 59.5 Å². The SMILES string of the molecule is COc1ccc(/C=C/C(=O)NCCOc2ccc(S(=O)(=O)N3CCCC3)cc2)cc1. The van der Waals surface area contributed by atoms with Crippen molar-refractivity contribution in [2.45, 2.75) is 17.7 Å². The molecule has 1 saturated heterocycles. The lowest BCUT2D eigenvalue weighted by Crippen LogP contribution is -2.27. The molecule has 0 bridgehead atoms. The molecule has 3 rings (SSSR count). The zero-order valence-electron chi connectivity index (χ0n) is 16.9. The minimum absolute atomic E-state index is 0.221. The van der Waals surface area contributed by atoms with Crippen LogP contribution in [0.4, 0.5) is 0 Å². The second-order valence-electron chi connectivity index (χ2n) is 6.83. The Labute approximate surface area is 177 Å². The summed E-state index contributed by atoms with van der Waals surface area (Å²) in [6.45, 7) is 1.76. The Morgan fingerprint density at radius 2 is 1.67 bits per heavy atom. The van der Waals surface area contributed by atoms with Gasteiger partial charge in [0.2, 0.25) is 15.9 Å². The first-order valence-corrected chi connectivity index (χ1v) is 11.3. The van der Waals surface area contributed by atoms with Crippen molar-refractivity contribution in [3.05, 3.63) is 60.2 Å². The lowest BCUT2D eigenvalue weighted by molar-refractivity contribution is -0.116. The molecule has 1 aliphatic rings. The van der Waals surface area contributed by atoms with Crippen molar-refractivity contribution < 1.29 is 22.7 Å². The van der Waals surface area contributed by atoms with E-state index in [2.05, 4.69) is 5.32 Å². The molecule has 0 aliphatic carbocycles. The van der Waals surface area contributed by atoms with Crippen LogP contribution in [0.25, 0.3) is 6.08 Å². The highest BCUT2D eigenvalue weighted by molar-refractivity contribution is 7.89. The first kappa shape index (κ1) is 21.9. The van der Waals surface area contributed by atoms with Crippen molar-refractivity contribution in [3.8, 4) is 11.5 Å². The summed E-state index contributed by atoms with van der Waals surface area (Å²) < 4.78 is 37.2. The topological polar surface area (TPSA) is 84.9 Å². The maximum Gasteiger partial charge on any atom is 0.244 e. The maximum absolute atomic E-state index is 12.5. The number of carbonyl (C=O) groups excluding carboxylic acids is 1. The van der Waals surface area contributed by atoms with Crippen LogP contribution >= 0.6 is 0 Å². The van der Waals surface area contributed by atoms with Gasteiger partial charge >= 0.3 is 0 Å². The standard InChI is InChI=1S/C22H26N2O5S/c1-28-19-7-4-18(5-8-19)6-13-22(25)23-14-17-29-20-9-11-21(12-10-20)30(26,27)24-15-2-3-16-24/h4-13H,2-3,14-17H2,1H3,(H,23,25)/b13-6+. The quantitative estimate of drug-likeness (QED) is 0.488. The third kappa shape index (κ3) is 5.84. The van der Waals surface area contributed by atoms with E-state index in [0.717, 1.165) is 24.2 Å². The van der Waals surface area contributed by atoms with Crippen LogP contribution in [-0.4, -0.2) is 52.0 Å². The Hall–Kier alpha value is -2.84. The molecule has 2 aromatic carbocycles. The number of rotatable bonds is 9. The molecule has 0 unspecified atom stereocenters. The molecule has 0 saturated carbocycles. The van der Waals surface area contributed by atoms with E-state index in [-0.39, 0.29) is 17.4 Å². The molecular formula is C22H26N2O5S. The molecule has 160 valence electrons. The van der Waals surface area contributed by atoms with Gasteiger partial charge < -0.3 is 14.8 Å². The second kappa shape index (κ2) is 10.3. The predicted octanol–water partition coefficient (Wildman–Crippen LogP) is 2.69. The summed E-state index contributed by atoms with van der Waals surface area (Å²) in [6.07, 6.45) is 4.98. The van der Waals surface area contributed by atoms with Crippen LogP contribution in [0.2, 0.25) is 0 Å². The van der Waals surface area contributed by atoms with Gasteiger partial charge in [-0.15, -0.1) is 0 Å².